The molecule has 1 heterocycles. The first-order chi connectivity index (χ1) is 10.5. The van der Waals surface area contributed by atoms with Crippen LogP contribution in [-0.2, 0) is 17.2 Å². The normalized spacial score (nSPS) is 12.0. The molecule has 0 radical (unpaired) electrons. The van der Waals surface area contributed by atoms with Crippen LogP contribution in [0.3, 0.4) is 0 Å². The van der Waals surface area contributed by atoms with Gasteiger partial charge in [-0.25, -0.2) is 4.98 Å². The Balaban J connectivity index is 1.82. The van der Waals surface area contributed by atoms with Crippen LogP contribution in [0.5, 0.6) is 5.75 Å². The van der Waals surface area contributed by atoms with E-state index >= 15 is 0 Å². The summed E-state index contributed by atoms with van der Waals surface area (Å²) in [6.45, 7) is 0. The summed E-state index contributed by atoms with van der Waals surface area (Å²) in [6.07, 6.45) is 3.16. The summed E-state index contributed by atoms with van der Waals surface area (Å²) in [5.74, 6) is 0.240. The van der Waals surface area contributed by atoms with E-state index < -0.39 is 10.1 Å². The van der Waals surface area contributed by atoms with Crippen LogP contribution in [0.4, 0.5) is 0 Å². The molecule has 0 spiro atoms. The molecule has 0 N–H and O–H groups in total. The molecule has 6 heteroatoms. The number of imidazole rings is 1. The molecule has 0 aliphatic rings. The largest absolute Gasteiger partial charge is 0.379 e. The number of benzene rings is 2. The second-order valence-corrected chi connectivity index (χ2v) is 6.22. The van der Waals surface area contributed by atoms with Crippen LogP contribution in [-0.4, -0.2) is 18.0 Å². The van der Waals surface area contributed by atoms with Gasteiger partial charge in [-0.15, -0.1) is 0 Å². The number of hydrogen-bond acceptors (Lipinski definition) is 4. The molecule has 0 aliphatic carbocycles. The van der Waals surface area contributed by atoms with Crippen LogP contribution in [0.25, 0.3) is 17.1 Å². The van der Waals surface area contributed by atoms with Crippen molar-refractivity contribution in [1.82, 2.24) is 9.55 Å². The molecule has 3 rings (SSSR count). The first kappa shape index (κ1) is 14.3. The molecule has 1 aromatic heterocycles. The van der Waals surface area contributed by atoms with Crippen LogP contribution < -0.4 is 4.18 Å². The van der Waals surface area contributed by atoms with Crippen LogP contribution in [0, 0.1) is 0 Å². The molecule has 22 heavy (non-hydrogen) atoms. The van der Waals surface area contributed by atoms with Crippen molar-refractivity contribution < 1.29 is 12.6 Å². The number of rotatable bonds is 4. The Morgan fingerprint density at radius 1 is 1.14 bits per heavy atom. The van der Waals surface area contributed by atoms with Crippen LogP contribution in [0.15, 0.2) is 60.3 Å². The Hall–Kier alpha value is -2.60. The number of nitrogens with zero attached hydrogens (tertiary/aromatic N) is 2. The smallest absolute Gasteiger partial charge is 0.332 e. The van der Waals surface area contributed by atoms with Gasteiger partial charge in [0.2, 0.25) is 0 Å². The van der Waals surface area contributed by atoms with E-state index in [0.717, 1.165) is 16.5 Å². The van der Waals surface area contributed by atoms with Gasteiger partial charge in [-0.05, 0) is 23.8 Å². The van der Waals surface area contributed by atoms with Crippen molar-refractivity contribution in [2.24, 2.45) is 7.05 Å². The molecule has 0 bridgehead atoms. The highest BCUT2D eigenvalue weighted by molar-refractivity contribution is 7.90. The molecule has 0 aliphatic heterocycles. The predicted molar refractivity (Wildman–Crippen MR) is 85.7 cm³/mol. The van der Waals surface area contributed by atoms with Gasteiger partial charge >= 0.3 is 10.1 Å². The molecule has 3 aromatic rings. The SMILES string of the molecule is Cn1cnc2cc(OS(=O)(=O)C=Cc3ccccc3)ccc21. The van der Waals surface area contributed by atoms with E-state index in [-0.39, 0.29) is 5.75 Å². The minimum Gasteiger partial charge on any atom is -0.379 e. The van der Waals surface area contributed by atoms with Crippen molar-refractivity contribution in [3.63, 3.8) is 0 Å². The fraction of sp³-hybridized carbons (Fsp3) is 0.0625. The fourth-order valence-corrected chi connectivity index (χ4v) is 2.81. The number of fused-ring (bicyclic) bond motifs is 1. The Morgan fingerprint density at radius 3 is 2.68 bits per heavy atom. The van der Waals surface area contributed by atoms with Crippen molar-refractivity contribution >= 4 is 27.2 Å². The van der Waals surface area contributed by atoms with Crippen LogP contribution in [0.2, 0.25) is 0 Å². The van der Waals surface area contributed by atoms with Gasteiger partial charge < -0.3 is 8.75 Å². The lowest BCUT2D eigenvalue weighted by Crippen LogP contribution is -2.05. The maximum absolute atomic E-state index is 12.0. The predicted octanol–water partition coefficient (Wildman–Crippen LogP) is 2.95. The number of hydrogen-bond donors (Lipinski definition) is 0. The summed E-state index contributed by atoms with van der Waals surface area (Å²) >= 11 is 0. The molecule has 112 valence electrons. The van der Waals surface area contributed by atoms with E-state index in [9.17, 15) is 8.42 Å². The van der Waals surface area contributed by atoms with Crippen molar-refractivity contribution in [3.8, 4) is 5.75 Å². The molecular formula is C16H14N2O3S. The van der Waals surface area contributed by atoms with Crippen molar-refractivity contribution in [2.75, 3.05) is 0 Å². The second kappa shape index (κ2) is 5.65. The van der Waals surface area contributed by atoms with E-state index in [2.05, 4.69) is 4.98 Å². The van der Waals surface area contributed by atoms with Gasteiger partial charge in [-0.2, -0.15) is 8.42 Å². The maximum Gasteiger partial charge on any atom is 0.332 e. The zero-order valence-corrected chi connectivity index (χ0v) is 12.7. The summed E-state index contributed by atoms with van der Waals surface area (Å²) < 4.78 is 30.9. The number of aryl methyl sites for hydroxylation is 1. The lowest BCUT2D eigenvalue weighted by atomic mass is 10.2. The van der Waals surface area contributed by atoms with E-state index in [1.807, 2.05) is 41.9 Å². The fourth-order valence-electron chi connectivity index (χ4n) is 2.06. The molecule has 2 aromatic carbocycles. The highest BCUT2D eigenvalue weighted by Crippen LogP contribution is 2.21. The highest BCUT2D eigenvalue weighted by Gasteiger charge is 2.10. The second-order valence-electron chi connectivity index (χ2n) is 4.80. The monoisotopic (exact) mass is 314 g/mol. The molecule has 0 unspecified atom stereocenters. The highest BCUT2D eigenvalue weighted by atomic mass is 32.2. The zero-order valence-electron chi connectivity index (χ0n) is 11.9. The van der Waals surface area contributed by atoms with E-state index in [0.29, 0.717) is 5.52 Å². The average molecular weight is 314 g/mol. The van der Waals surface area contributed by atoms with Gasteiger partial charge in [0.25, 0.3) is 0 Å². The third-order valence-corrected chi connectivity index (χ3v) is 4.03. The first-order valence-electron chi connectivity index (χ1n) is 6.62. The Morgan fingerprint density at radius 2 is 1.91 bits per heavy atom. The maximum atomic E-state index is 12.0. The molecule has 0 saturated heterocycles. The van der Waals surface area contributed by atoms with Crippen LogP contribution >= 0.6 is 0 Å². The van der Waals surface area contributed by atoms with Crippen molar-refractivity contribution in [3.05, 3.63) is 65.8 Å². The third kappa shape index (κ3) is 3.17. The Kier molecular flexibility index (Phi) is 3.68. The third-order valence-electron chi connectivity index (χ3n) is 3.14. The summed E-state index contributed by atoms with van der Waals surface area (Å²) in [5.41, 5.74) is 2.38. The van der Waals surface area contributed by atoms with E-state index in [1.165, 1.54) is 6.08 Å². The zero-order chi connectivity index (χ0) is 15.6. The molecule has 0 fully saturated rings. The topological polar surface area (TPSA) is 61.2 Å². The quantitative estimate of drug-likeness (QED) is 0.695. The standard InChI is InChI=1S/C16H14N2O3S/c1-18-12-17-15-11-14(7-8-16(15)18)21-22(19,20)10-9-13-5-3-2-4-6-13/h2-12H,1H3. The molecule has 0 atom stereocenters. The van der Waals surface area contributed by atoms with Gasteiger partial charge in [0.1, 0.15) is 5.75 Å². The van der Waals surface area contributed by atoms with E-state index in [4.69, 9.17) is 4.18 Å². The minimum absolute atomic E-state index is 0.240. The lowest BCUT2D eigenvalue weighted by Gasteiger charge is -2.03. The summed E-state index contributed by atoms with van der Waals surface area (Å²) in [6, 6.07) is 14.1. The van der Waals surface area contributed by atoms with Gasteiger partial charge in [0.15, 0.2) is 0 Å². The Bertz CT molecular complexity index is 928. The van der Waals surface area contributed by atoms with Crippen molar-refractivity contribution in [2.45, 2.75) is 0 Å². The van der Waals surface area contributed by atoms with Gasteiger partial charge in [0, 0.05) is 13.1 Å². The Labute approximate surface area is 128 Å². The minimum atomic E-state index is -3.81. The van der Waals surface area contributed by atoms with Crippen LogP contribution in [0.1, 0.15) is 5.56 Å². The first-order valence-corrected chi connectivity index (χ1v) is 8.09. The molecule has 5 nitrogen and oxygen atoms in total. The average Bonchev–Trinajstić information content (AvgIpc) is 2.87. The van der Waals surface area contributed by atoms with Gasteiger partial charge in [-0.1, -0.05) is 30.3 Å². The summed E-state index contributed by atoms with van der Waals surface area (Å²) in [7, 11) is -1.94. The van der Waals surface area contributed by atoms with Crippen molar-refractivity contribution in [1.29, 1.82) is 0 Å². The van der Waals surface area contributed by atoms with E-state index in [1.54, 1.807) is 24.5 Å². The summed E-state index contributed by atoms with van der Waals surface area (Å²) in [4.78, 5) is 4.17. The molecule has 0 amide bonds. The molecular weight excluding hydrogens is 300 g/mol. The van der Waals surface area contributed by atoms with Gasteiger partial charge in [-0.3, -0.25) is 0 Å². The number of aromatic nitrogens is 2. The summed E-state index contributed by atoms with van der Waals surface area (Å²) in [5, 5.41) is 1.05. The lowest BCUT2D eigenvalue weighted by molar-refractivity contribution is 0.497. The van der Waals surface area contributed by atoms with Gasteiger partial charge in [0.05, 0.1) is 22.8 Å². The molecule has 0 saturated carbocycles.